The molecule has 0 radical (unpaired) electrons. The highest BCUT2D eigenvalue weighted by Crippen LogP contribution is 2.23. The molecule has 6 nitrogen and oxygen atoms in total. The number of nitrogens with one attached hydrogen (secondary N) is 1. The van der Waals surface area contributed by atoms with Crippen molar-refractivity contribution in [2.24, 2.45) is 11.0 Å². The average Bonchev–Trinajstić information content (AvgIpc) is 2.63. The van der Waals surface area contributed by atoms with Crippen molar-refractivity contribution in [2.75, 3.05) is 23.4 Å². The largest absolute Gasteiger partial charge is 0.372 e. The summed E-state index contributed by atoms with van der Waals surface area (Å²) < 4.78 is 0. The highest BCUT2D eigenvalue weighted by Gasteiger charge is 2.15. The van der Waals surface area contributed by atoms with Crippen molar-refractivity contribution in [3.8, 4) is 0 Å². The molecule has 0 bridgehead atoms. The second kappa shape index (κ2) is 7.79. The molecule has 0 spiro atoms. The number of hydrazone groups is 1. The topological polar surface area (TPSA) is 70.8 Å². The van der Waals surface area contributed by atoms with Crippen LogP contribution in [0.4, 0.5) is 17.1 Å². The van der Waals surface area contributed by atoms with Crippen LogP contribution in [0, 0.1) is 16.0 Å². The van der Waals surface area contributed by atoms with Gasteiger partial charge < -0.3 is 4.90 Å². The quantitative estimate of drug-likeness (QED) is 0.502. The summed E-state index contributed by atoms with van der Waals surface area (Å²) in [5.74, 6) is 0.827. The van der Waals surface area contributed by atoms with Crippen LogP contribution in [-0.2, 0) is 0 Å². The molecule has 0 saturated carbocycles. The molecule has 1 N–H and O–H groups in total. The van der Waals surface area contributed by atoms with Gasteiger partial charge in [-0.2, -0.15) is 5.10 Å². The van der Waals surface area contributed by atoms with Gasteiger partial charge in [0.2, 0.25) is 0 Å². The summed E-state index contributed by atoms with van der Waals surface area (Å²) in [7, 11) is 0. The third kappa shape index (κ3) is 4.56. The normalized spacial score (nSPS) is 15.5. The van der Waals surface area contributed by atoms with Crippen LogP contribution in [0.15, 0.2) is 53.6 Å². The number of anilines is 2. The Balaban J connectivity index is 1.55. The number of piperidine rings is 1. The number of nitro benzene ring substituents is 1. The van der Waals surface area contributed by atoms with Crippen LogP contribution in [0.1, 0.15) is 25.3 Å². The number of hydrogen-bond acceptors (Lipinski definition) is 5. The summed E-state index contributed by atoms with van der Waals surface area (Å²) in [5.41, 5.74) is 5.91. The van der Waals surface area contributed by atoms with Crippen LogP contribution < -0.4 is 10.3 Å². The Bertz CT molecular complexity index is 733. The number of benzene rings is 2. The van der Waals surface area contributed by atoms with Gasteiger partial charge in [-0.15, -0.1) is 0 Å². The van der Waals surface area contributed by atoms with Crippen molar-refractivity contribution >= 4 is 23.3 Å². The van der Waals surface area contributed by atoms with Crippen molar-refractivity contribution in [1.29, 1.82) is 0 Å². The number of nitrogens with zero attached hydrogens (tertiary/aromatic N) is 3. The molecular weight excluding hydrogens is 316 g/mol. The molecule has 1 fully saturated rings. The number of hydrogen-bond donors (Lipinski definition) is 1. The van der Waals surface area contributed by atoms with Gasteiger partial charge in [0.15, 0.2) is 0 Å². The zero-order valence-electron chi connectivity index (χ0n) is 14.3. The van der Waals surface area contributed by atoms with Crippen LogP contribution in [-0.4, -0.2) is 24.2 Å². The monoisotopic (exact) mass is 338 g/mol. The minimum absolute atomic E-state index is 0.0669. The molecule has 0 aliphatic carbocycles. The van der Waals surface area contributed by atoms with E-state index < -0.39 is 4.92 Å². The number of non-ortho nitro benzene ring substituents is 1. The predicted octanol–water partition coefficient (Wildman–Crippen LogP) is 4.28. The molecule has 0 unspecified atom stereocenters. The van der Waals surface area contributed by atoms with Gasteiger partial charge in [-0.05, 0) is 48.6 Å². The van der Waals surface area contributed by atoms with Gasteiger partial charge in [-0.3, -0.25) is 15.5 Å². The Hall–Kier alpha value is -2.89. The van der Waals surface area contributed by atoms with E-state index in [0.29, 0.717) is 5.69 Å². The van der Waals surface area contributed by atoms with E-state index in [4.69, 9.17) is 0 Å². The number of nitro groups is 1. The molecule has 3 rings (SSSR count). The van der Waals surface area contributed by atoms with Crippen LogP contribution in [0.3, 0.4) is 0 Å². The lowest BCUT2D eigenvalue weighted by atomic mass is 9.99. The van der Waals surface area contributed by atoms with Crippen LogP contribution in [0.5, 0.6) is 0 Å². The first kappa shape index (κ1) is 17.0. The van der Waals surface area contributed by atoms with E-state index in [0.717, 1.165) is 24.6 Å². The maximum absolute atomic E-state index is 10.6. The fourth-order valence-corrected chi connectivity index (χ4v) is 2.88. The smallest absolute Gasteiger partial charge is 0.269 e. The van der Waals surface area contributed by atoms with Crippen molar-refractivity contribution in [3.05, 3.63) is 64.2 Å². The third-order valence-electron chi connectivity index (χ3n) is 4.53. The van der Waals surface area contributed by atoms with E-state index in [1.165, 1.54) is 30.7 Å². The number of rotatable bonds is 5. The van der Waals surface area contributed by atoms with E-state index in [2.05, 4.69) is 34.5 Å². The van der Waals surface area contributed by atoms with Crippen molar-refractivity contribution in [3.63, 3.8) is 0 Å². The fraction of sp³-hybridized carbons (Fsp3) is 0.316. The maximum atomic E-state index is 10.6. The molecule has 130 valence electrons. The minimum Gasteiger partial charge on any atom is -0.372 e. The fourth-order valence-electron chi connectivity index (χ4n) is 2.88. The summed E-state index contributed by atoms with van der Waals surface area (Å²) in [6, 6.07) is 14.5. The molecule has 25 heavy (non-hydrogen) atoms. The standard InChI is InChI=1S/C19H22N4O2/c1-15-10-12-22(13-11-15)18-6-2-16(3-7-18)14-20-21-17-4-8-19(9-5-17)23(24)25/h2-9,14-15,21H,10-13H2,1H3. The lowest BCUT2D eigenvalue weighted by Crippen LogP contribution is -2.32. The molecule has 1 saturated heterocycles. The summed E-state index contributed by atoms with van der Waals surface area (Å²) in [6.45, 7) is 4.56. The Morgan fingerprint density at radius 3 is 2.36 bits per heavy atom. The van der Waals surface area contributed by atoms with Crippen molar-refractivity contribution in [2.45, 2.75) is 19.8 Å². The minimum atomic E-state index is -0.419. The van der Waals surface area contributed by atoms with Gasteiger partial charge in [0.25, 0.3) is 5.69 Å². The van der Waals surface area contributed by atoms with E-state index in [1.807, 2.05) is 12.1 Å². The van der Waals surface area contributed by atoms with Gasteiger partial charge in [0.05, 0.1) is 16.8 Å². The summed E-state index contributed by atoms with van der Waals surface area (Å²) >= 11 is 0. The highest BCUT2D eigenvalue weighted by molar-refractivity contribution is 5.81. The predicted molar refractivity (Wildman–Crippen MR) is 101 cm³/mol. The molecule has 6 heteroatoms. The third-order valence-corrected chi connectivity index (χ3v) is 4.53. The summed E-state index contributed by atoms with van der Waals surface area (Å²) in [4.78, 5) is 12.6. The Labute approximate surface area is 147 Å². The molecule has 0 aromatic heterocycles. The Kier molecular flexibility index (Phi) is 5.28. The SMILES string of the molecule is CC1CCN(c2ccc(C=NNc3ccc([N+](=O)[O-])cc3)cc2)CC1. The maximum Gasteiger partial charge on any atom is 0.269 e. The van der Waals surface area contributed by atoms with Gasteiger partial charge in [-0.1, -0.05) is 19.1 Å². The van der Waals surface area contributed by atoms with E-state index in [-0.39, 0.29) is 5.69 Å². The molecule has 1 aliphatic rings. The van der Waals surface area contributed by atoms with Crippen LogP contribution in [0.2, 0.25) is 0 Å². The van der Waals surface area contributed by atoms with E-state index in [9.17, 15) is 10.1 Å². The Morgan fingerprint density at radius 1 is 1.12 bits per heavy atom. The van der Waals surface area contributed by atoms with Gasteiger partial charge in [0.1, 0.15) is 0 Å². The van der Waals surface area contributed by atoms with Gasteiger partial charge in [-0.25, -0.2) is 0 Å². The zero-order chi connectivity index (χ0) is 17.6. The van der Waals surface area contributed by atoms with Gasteiger partial charge >= 0.3 is 0 Å². The van der Waals surface area contributed by atoms with Gasteiger partial charge in [0, 0.05) is 30.9 Å². The van der Waals surface area contributed by atoms with E-state index in [1.54, 1.807) is 18.3 Å². The first-order valence-electron chi connectivity index (χ1n) is 8.50. The highest BCUT2D eigenvalue weighted by atomic mass is 16.6. The first-order valence-corrected chi connectivity index (χ1v) is 8.50. The second-order valence-corrected chi connectivity index (χ2v) is 6.44. The molecular formula is C19H22N4O2. The van der Waals surface area contributed by atoms with Crippen LogP contribution in [0.25, 0.3) is 0 Å². The van der Waals surface area contributed by atoms with E-state index >= 15 is 0 Å². The second-order valence-electron chi connectivity index (χ2n) is 6.44. The first-order chi connectivity index (χ1) is 12.1. The zero-order valence-corrected chi connectivity index (χ0v) is 14.3. The van der Waals surface area contributed by atoms with Crippen molar-refractivity contribution in [1.82, 2.24) is 0 Å². The molecule has 0 amide bonds. The molecule has 2 aromatic rings. The molecule has 1 aliphatic heterocycles. The molecule has 0 atom stereocenters. The summed E-state index contributed by atoms with van der Waals surface area (Å²) in [5, 5.41) is 14.8. The lowest BCUT2D eigenvalue weighted by molar-refractivity contribution is -0.384. The average molecular weight is 338 g/mol. The molecule has 2 aromatic carbocycles. The lowest BCUT2D eigenvalue weighted by Gasteiger charge is -2.32. The molecule has 1 heterocycles. The summed E-state index contributed by atoms with van der Waals surface area (Å²) in [6.07, 6.45) is 4.24. The van der Waals surface area contributed by atoms with Crippen LogP contribution >= 0.6 is 0 Å². The van der Waals surface area contributed by atoms with Crippen molar-refractivity contribution < 1.29 is 4.92 Å². The Morgan fingerprint density at radius 2 is 1.76 bits per heavy atom.